The van der Waals surface area contributed by atoms with Crippen molar-refractivity contribution in [2.75, 3.05) is 29.9 Å². The molecule has 12 heteroatoms. The van der Waals surface area contributed by atoms with Crippen molar-refractivity contribution in [1.82, 2.24) is 24.4 Å². The molecule has 0 spiro atoms. The predicted molar refractivity (Wildman–Crippen MR) is 174 cm³/mol. The molecule has 3 aromatic rings. The molecule has 240 valence electrons. The quantitative estimate of drug-likeness (QED) is 0.233. The summed E-state index contributed by atoms with van der Waals surface area (Å²) in [5.74, 6) is 2.93. The van der Waals surface area contributed by atoms with Gasteiger partial charge in [-0.3, -0.25) is 4.79 Å². The molecule has 4 N–H and O–H groups in total. The molecule has 0 bridgehead atoms. The number of nitrogens with zero attached hydrogens (tertiary/aromatic N) is 7. The van der Waals surface area contributed by atoms with E-state index in [1.54, 1.807) is 6.92 Å². The van der Waals surface area contributed by atoms with Crippen molar-refractivity contribution in [1.29, 1.82) is 0 Å². The van der Waals surface area contributed by atoms with E-state index in [4.69, 9.17) is 20.7 Å². The summed E-state index contributed by atoms with van der Waals surface area (Å²) in [7, 11) is 0. The van der Waals surface area contributed by atoms with Crippen LogP contribution in [-0.4, -0.2) is 73.0 Å². The monoisotopic (exact) mass is 615 g/mol. The summed E-state index contributed by atoms with van der Waals surface area (Å²) in [5, 5.41) is 13.0. The fourth-order valence-electron chi connectivity index (χ4n) is 7.10. The second-order valence-corrected chi connectivity index (χ2v) is 13.2. The maximum absolute atomic E-state index is 12.5. The van der Waals surface area contributed by atoms with Gasteiger partial charge in [0, 0.05) is 39.1 Å². The van der Waals surface area contributed by atoms with E-state index >= 15 is 0 Å². The van der Waals surface area contributed by atoms with Crippen LogP contribution in [0.25, 0.3) is 11.2 Å². The molecule has 3 fully saturated rings. The summed E-state index contributed by atoms with van der Waals surface area (Å²) in [6.45, 7) is 8.62. The Morgan fingerprint density at radius 1 is 1.07 bits per heavy atom. The molecule has 1 aromatic carbocycles. The summed E-state index contributed by atoms with van der Waals surface area (Å²) in [4.78, 5) is 46.3. The molecule has 2 aliphatic carbocycles. The summed E-state index contributed by atoms with van der Waals surface area (Å²) in [5.41, 5.74) is 8.46. The minimum Gasteiger partial charge on any atom is -0.463 e. The summed E-state index contributed by atoms with van der Waals surface area (Å²) < 4.78 is 2.28. The van der Waals surface area contributed by atoms with Crippen molar-refractivity contribution < 1.29 is 14.7 Å². The topological polar surface area (TPSA) is 155 Å². The fourth-order valence-corrected chi connectivity index (χ4v) is 7.10. The largest absolute Gasteiger partial charge is 0.463 e. The Bertz CT molecular complexity index is 1560. The van der Waals surface area contributed by atoms with E-state index in [0.717, 1.165) is 55.2 Å². The van der Waals surface area contributed by atoms with Gasteiger partial charge in [0.1, 0.15) is 5.52 Å². The first-order valence-electron chi connectivity index (χ1n) is 16.4. The standard InChI is InChI=1S/C33H45N9O3/c1-20-12-14-23(15-13-20)18-42-27-29(35-21(2)24-10-7-11-24)37-31(28(34)36-33(44)45)38-30(27)39-32(42)41-17-16-40(22(3)43)19-26(41)25-8-5-4-6-9-25/h4-6,8-9,20-21,23-24,26H,7,10-19H2,1-3H3,(H2,34,36)(H,44,45)(H,35,37,38)/t20?,21-,23?,26+/m1/s1. The number of amidine groups is 1. The molecule has 1 saturated heterocycles. The second-order valence-electron chi connectivity index (χ2n) is 13.2. The van der Waals surface area contributed by atoms with Gasteiger partial charge in [-0.25, -0.2) is 14.8 Å². The first kappa shape index (κ1) is 30.8. The van der Waals surface area contributed by atoms with Crippen LogP contribution in [0.1, 0.15) is 83.1 Å². The average molecular weight is 616 g/mol. The van der Waals surface area contributed by atoms with Crippen LogP contribution in [0.2, 0.25) is 0 Å². The van der Waals surface area contributed by atoms with Gasteiger partial charge in [0.15, 0.2) is 23.1 Å². The van der Waals surface area contributed by atoms with Crippen molar-refractivity contribution in [3.63, 3.8) is 0 Å². The van der Waals surface area contributed by atoms with Gasteiger partial charge in [0.05, 0.1) is 6.04 Å². The van der Waals surface area contributed by atoms with Crippen LogP contribution in [0, 0.1) is 17.8 Å². The lowest BCUT2D eigenvalue weighted by atomic mass is 9.80. The van der Waals surface area contributed by atoms with E-state index in [1.165, 1.54) is 19.3 Å². The molecule has 3 heterocycles. The number of carboxylic acid groups (broad SMARTS) is 1. The van der Waals surface area contributed by atoms with Gasteiger partial charge in [0.2, 0.25) is 11.9 Å². The third-order valence-corrected chi connectivity index (χ3v) is 10.1. The smallest absolute Gasteiger partial charge is 0.433 e. The molecule has 2 saturated carbocycles. The number of carbonyl (C=O) groups is 2. The number of nitrogens with one attached hydrogen (secondary N) is 1. The van der Waals surface area contributed by atoms with Crippen molar-refractivity contribution in [2.24, 2.45) is 28.5 Å². The lowest BCUT2D eigenvalue weighted by Crippen LogP contribution is -2.50. The van der Waals surface area contributed by atoms with Crippen LogP contribution < -0.4 is 16.0 Å². The molecule has 2 amide bonds. The van der Waals surface area contributed by atoms with Gasteiger partial charge in [-0.2, -0.15) is 9.98 Å². The van der Waals surface area contributed by atoms with Crippen molar-refractivity contribution in [3.8, 4) is 0 Å². The van der Waals surface area contributed by atoms with Crippen LogP contribution >= 0.6 is 0 Å². The van der Waals surface area contributed by atoms with Gasteiger partial charge in [-0.1, -0.05) is 56.5 Å². The zero-order valence-corrected chi connectivity index (χ0v) is 26.5. The number of anilines is 2. The third-order valence-electron chi connectivity index (χ3n) is 10.1. The van der Waals surface area contributed by atoms with Gasteiger partial charge < -0.3 is 30.5 Å². The summed E-state index contributed by atoms with van der Waals surface area (Å²) >= 11 is 0. The molecule has 12 nitrogen and oxygen atoms in total. The minimum atomic E-state index is -1.40. The first-order valence-corrected chi connectivity index (χ1v) is 16.4. The lowest BCUT2D eigenvalue weighted by Gasteiger charge is -2.42. The van der Waals surface area contributed by atoms with Crippen LogP contribution in [0.4, 0.5) is 16.6 Å². The molecular formula is C33H45N9O3. The summed E-state index contributed by atoms with van der Waals surface area (Å²) in [6.07, 6.45) is 6.79. The van der Waals surface area contributed by atoms with Gasteiger partial charge in [-0.15, -0.1) is 0 Å². The highest BCUT2D eigenvalue weighted by atomic mass is 16.4. The van der Waals surface area contributed by atoms with Crippen LogP contribution in [0.15, 0.2) is 35.3 Å². The number of aliphatic imine (C=N–C) groups is 1. The Kier molecular flexibility index (Phi) is 8.91. The first-order chi connectivity index (χ1) is 21.7. The van der Waals surface area contributed by atoms with E-state index in [-0.39, 0.29) is 29.7 Å². The van der Waals surface area contributed by atoms with Crippen LogP contribution in [-0.2, 0) is 11.3 Å². The van der Waals surface area contributed by atoms with E-state index in [2.05, 4.69) is 45.8 Å². The van der Waals surface area contributed by atoms with E-state index < -0.39 is 6.09 Å². The second kappa shape index (κ2) is 13.0. The molecule has 3 aliphatic rings. The number of carbonyl (C=O) groups excluding carboxylic acids is 1. The van der Waals surface area contributed by atoms with E-state index in [9.17, 15) is 14.7 Å². The zero-order valence-electron chi connectivity index (χ0n) is 26.5. The Morgan fingerprint density at radius 2 is 1.80 bits per heavy atom. The normalized spacial score (nSPS) is 23.5. The molecule has 2 aromatic heterocycles. The average Bonchev–Trinajstić information content (AvgIpc) is 3.35. The maximum atomic E-state index is 12.5. The van der Waals surface area contributed by atoms with Crippen molar-refractivity contribution in [2.45, 2.75) is 84.3 Å². The highest BCUT2D eigenvalue weighted by molar-refractivity contribution is 6.01. The molecule has 45 heavy (non-hydrogen) atoms. The number of hydrogen-bond donors (Lipinski definition) is 3. The van der Waals surface area contributed by atoms with E-state index in [1.807, 2.05) is 23.1 Å². The number of amides is 2. The highest BCUT2D eigenvalue weighted by Crippen LogP contribution is 2.38. The Labute approximate surface area is 264 Å². The maximum Gasteiger partial charge on any atom is 0.433 e. The van der Waals surface area contributed by atoms with Crippen molar-refractivity contribution >= 4 is 40.8 Å². The Balaban J connectivity index is 1.51. The number of fused-ring (bicyclic) bond motifs is 1. The van der Waals surface area contributed by atoms with Gasteiger partial charge >= 0.3 is 6.09 Å². The van der Waals surface area contributed by atoms with E-state index in [0.29, 0.717) is 42.9 Å². The van der Waals surface area contributed by atoms with Crippen LogP contribution in [0.5, 0.6) is 0 Å². The molecule has 1 aliphatic heterocycles. The molecule has 6 rings (SSSR count). The number of hydrogen-bond acceptors (Lipinski definition) is 7. The molecule has 0 radical (unpaired) electrons. The Hall–Kier alpha value is -4.22. The zero-order chi connectivity index (χ0) is 31.7. The van der Waals surface area contributed by atoms with Gasteiger partial charge in [0.25, 0.3) is 0 Å². The van der Waals surface area contributed by atoms with Gasteiger partial charge in [-0.05, 0) is 55.9 Å². The highest BCUT2D eigenvalue weighted by Gasteiger charge is 2.35. The molecule has 0 unspecified atom stereocenters. The predicted octanol–water partition coefficient (Wildman–Crippen LogP) is 5.05. The van der Waals surface area contributed by atoms with Crippen LogP contribution in [0.3, 0.4) is 0 Å². The molecule has 2 atom stereocenters. The van der Waals surface area contributed by atoms with Crippen molar-refractivity contribution in [3.05, 3.63) is 41.7 Å². The number of piperazine rings is 1. The lowest BCUT2D eigenvalue weighted by molar-refractivity contribution is -0.129. The number of nitrogens with two attached hydrogens (primary N) is 1. The Morgan fingerprint density at radius 3 is 2.44 bits per heavy atom. The SMILES string of the molecule is CC(=O)N1CCN(c2nc3nc(/C(N)=N/C(=O)O)nc(N[C@H](C)C4CCC4)c3n2CC2CCC(C)CC2)[C@H](c2ccccc2)C1. The number of rotatable bonds is 8. The minimum absolute atomic E-state index is 0.0388. The molecular weight excluding hydrogens is 570 g/mol. The summed E-state index contributed by atoms with van der Waals surface area (Å²) in [6, 6.07) is 10.3. The third kappa shape index (κ3) is 6.60. The number of aromatic nitrogens is 4. The number of benzene rings is 1. The number of imidazole rings is 1. The fraction of sp³-hybridized carbons (Fsp3) is 0.576.